The van der Waals surface area contributed by atoms with Crippen LogP contribution < -0.4 is 5.73 Å². The average molecular weight is 385 g/mol. The lowest BCUT2D eigenvalue weighted by molar-refractivity contribution is -0.113. The van der Waals surface area contributed by atoms with Crippen molar-refractivity contribution in [3.63, 3.8) is 0 Å². The number of nitrogens with two attached hydrogens (primary N) is 1. The van der Waals surface area contributed by atoms with Crippen molar-refractivity contribution in [2.75, 3.05) is 0 Å². The summed E-state index contributed by atoms with van der Waals surface area (Å²) >= 11 is 6.93. The maximum Gasteiger partial charge on any atom is 0.241 e. The molecule has 1 aromatic rings. The van der Waals surface area contributed by atoms with Gasteiger partial charge < -0.3 is 5.73 Å². The molecule has 0 unspecified atom stereocenters. The fourth-order valence-corrected chi connectivity index (χ4v) is 2.79. The molecule has 1 amide bonds. The first-order valence-corrected chi connectivity index (χ1v) is 7.26. The van der Waals surface area contributed by atoms with Crippen LogP contribution in [-0.4, -0.2) is 5.91 Å². The Morgan fingerprint density at radius 3 is 2.26 bits per heavy atom. The molecule has 0 radical (unpaired) electrons. The maximum absolute atomic E-state index is 10.7. The zero-order valence-corrected chi connectivity index (χ0v) is 14.0. The third-order valence-electron chi connectivity index (χ3n) is 2.39. The van der Waals surface area contributed by atoms with Crippen LogP contribution in [-0.2, 0) is 4.79 Å². The van der Waals surface area contributed by atoms with Gasteiger partial charge in [0, 0.05) is 15.0 Å². The maximum atomic E-state index is 10.7. The molecule has 0 aromatic heterocycles. The van der Waals surface area contributed by atoms with Crippen LogP contribution in [0, 0.1) is 0 Å². The van der Waals surface area contributed by atoms with E-state index in [1.165, 1.54) is 6.08 Å². The lowest BCUT2D eigenvalue weighted by atomic mass is 10.1. The number of hydrogen-bond donors (Lipinski definition) is 1. The topological polar surface area (TPSA) is 43.1 Å². The fourth-order valence-electron chi connectivity index (χ4n) is 1.49. The summed E-state index contributed by atoms with van der Waals surface area (Å²) in [6.45, 7) is 3.87. The van der Waals surface area contributed by atoms with Crippen molar-refractivity contribution in [2.45, 2.75) is 13.8 Å². The molecular formula is C15H15Br2NO. The molecule has 0 saturated heterocycles. The number of hydrogen-bond acceptors (Lipinski definition) is 1. The van der Waals surface area contributed by atoms with E-state index < -0.39 is 5.91 Å². The van der Waals surface area contributed by atoms with Crippen LogP contribution in [0.3, 0.4) is 0 Å². The third kappa shape index (κ3) is 6.03. The highest BCUT2D eigenvalue weighted by atomic mass is 79.9. The minimum Gasteiger partial charge on any atom is -0.366 e. The van der Waals surface area contributed by atoms with Gasteiger partial charge in [-0.15, -0.1) is 0 Å². The van der Waals surface area contributed by atoms with Gasteiger partial charge in [-0.05, 0) is 48.8 Å². The first kappa shape index (κ1) is 15.9. The first-order chi connectivity index (χ1) is 8.88. The van der Waals surface area contributed by atoms with Gasteiger partial charge in [-0.2, -0.15) is 0 Å². The van der Waals surface area contributed by atoms with E-state index >= 15 is 0 Å². The number of halogens is 2. The third-order valence-corrected chi connectivity index (χ3v) is 3.31. The van der Waals surface area contributed by atoms with Gasteiger partial charge in [0.05, 0.1) is 0 Å². The Kier molecular flexibility index (Phi) is 6.25. The van der Waals surface area contributed by atoms with Gasteiger partial charge in [-0.1, -0.05) is 50.1 Å². The van der Waals surface area contributed by atoms with E-state index in [1.54, 1.807) is 0 Å². The second kappa shape index (κ2) is 7.46. The van der Waals surface area contributed by atoms with Gasteiger partial charge in [-0.25, -0.2) is 0 Å². The first-order valence-electron chi connectivity index (χ1n) is 5.67. The number of primary amides is 1. The summed E-state index contributed by atoms with van der Waals surface area (Å²) in [5.74, 6) is -0.432. The van der Waals surface area contributed by atoms with Crippen LogP contribution >= 0.6 is 31.9 Å². The van der Waals surface area contributed by atoms with Gasteiger partial charge in [-0.3, -0.25) is 4.79 Å². The molecule has 0 heterocycles. The number of amides is 1. The summed E-state index contributed by atoms with van der Waals surface area (Å²) in [7, 11) is 0. The molecule has 0 atom stereocenters. The fraction of sp³-hybridized carbons (Fsp3) is 0.133. The molecule has 0 fully saturated rings. The van der Waals surface area contributed by atoms with Gasteiger partial charge in [0.15, 0.2) is 0 Å². The van der Waals surface area contributed by atoms with Crippen molar-refractivity contribution < 1.29 is 4.79 Å². The summed E-state index contributed by atoms with van der Waals surface area (Å²) < 4.78 is 2.05. The van der Waals surface area contributed by atoms with E-state index in [0.717, 1.165) is 25.7 Å². The number of benzene rings is 1. The summed E-state index contributed by atoms with van der Waals surface area (Å²) in [5, 5.41) is 0. The van der Waals surface area contributed by atoms with Crippen LogP contribution in [0.15, 0.2) is 57.0 Å². The molecule has 1 rings (SSSR count). The highest BCUT2D eigenvalue weighted by Crippen LogP contribution is 2.24. The van der Waals surface area contributed by atoms with Crippen LogP contribution in [0.4, 0.5) is 0 Å². The van der Waals surface area contributed by atoms with E-state index in [-0.39, 0.29) is 0 Å². The Balaban J connectivity index is 2.88. The van der Waals surface area contributed by atoms with Crippen molar-refractivity contribution in [3.8, 4) is 0 Å². The molecule has 0 aliphatic carbocycles. The molecule has 0 spiro atoms. The summed E-state index contributed by atoms with van der Waals surface area (Å²) in [6, 6.07) is 6.10. The number of allylic oxidation sites excluding steroid dienone is 5. The lowest BCUT2D eigenvalue weighted by Gasteiger charge is -2.03. The highest BCUT2D eigenvalue weighted by molar-refractivity contribution is 9.11. The Bertz CT molecular complexity index is 551. The monoisotopic (exact) mass is 383 g/mol. The summed E-state index contributed by atoms with van der Waals surface area (Å²) in [4.78, 5) is 10.7. The quantitative estimate of drug-likeness (QED) is 0.598. The summed E-state index contributed by atoms with van der Waals surface area (Å²) in [5.41, 5.74) is 8.16. The van der Waals surface area contributed by atoms with Gasteiger partial charge >= 0.3 is 0 Å². The van der Waals surface area contributed by atoms with E-state index in [1.807, 2.05) is 38.1 Å². The second-order valence-corrected chi connectivity index (χ2v) is 5.99. The van der Waals surface area contributed by atoms with Crippen molar-refractivity contribution in [1.29, 1.82) is 0 Å². The Hall–Kier alpha value is -1.13. The molecule has 100 valence electrons. The van der Waals surface area contributed by atoms with Crippen molar-refractivity contribution in [3.05, 3.63) is 62.6 Å². The van der Waals surface area contributed by atoms with Crippen LogP contribution in [0.25, 0.3) is 5.57 Å². The predicted octanol–water partition coefficient (Wildman–Crippen LogP) is 4.60. The number of rotatable bonds is 4. The van der Waals surface area contributed by atoms with Crippen molar-refractivity contribution in [2.24, 2.45) is 5.73 Å². The van der Waals surface area contributed by atoms with Gasteiger partial charge in [0.1, 0.15) is 0 Å². The Morgan fingerprint density at radius 1 is 1.16 bits per heavy atom. The minimum absolute atomic E-state index is 0.432. The SMILES string of the molecule is C/C(=C/C=C/C(C)=C/C(N)=O)c1cc(Br)cc(Br)c1. The van der Waals surface area contributed by atoms with Gasteiger partial charge in [0.2, 0.25) is 5.91 Å². The zero-order valence-electron chi connectivity index (χ0n) is 10.8. The normalized spacial score (nSPS) is 13.1. The van der Waals surface area contributed by atoms with Crippen LogP contribution in [0.2, 0.25) is 0 Å². The number of carbonyl (C=O) groups is 1. The molecular weight excluding hydrogens is 370 g/mol. The minimum atomic E-state index is -0.432. The predicted molar refractivity (Wildman–Crippen MR) is 87.6 cm³/mol. The molecule has 2 N–H and O–H groups in total. The molecule has 0 aliphatic heterocycles. The molecule has 0 aliphatic rings. The van der Waals surface area contributed by atoms with E-state index in [4.69, 9.17) is 5.73 Å². The Morgan fingerprint density at radius 2 is 1.74 bits per heavy atom. The standard InChI is InChI=1S/C15H15Br2NO/c1-10(6-15(18)19)4-3-5-11(2)12-7-13(16)9-14(17)8-12/h3-9H,1-2H3,(H2,18,19)/b4-3+,10-6+,11-5-. The molecule has 2 nitrogen and oxygen atoms in total. The van der Waals surface area contributed by atoms with E-state index in [9.17, 15) is 4.79 Å². The van der Waals surface area contributed by atoms with Crippen molar-refractivity contribution >= 4 is 43.3 Å². The molecule has 1 aromatic carbocycles. The Labute approximate surface area is 130 Å². The average Bonchev–Trinajstić information content (AvgIpc) is 2.26. The van der Waals surface area contributed by atoms with Crippen molar-refractivity contribution in [1.82, 2.24) is 0 Å². The van der Waals surface area contributed by atoms with E-state index in [0.29, 0.717) is 0 Å². The number of carbonyl (C=O) groups excluding carboxylic acids is 1. The molecule has 0 saturated carbocycles. The van der Waals surface area contributed by atoms with Gasteiger partial charge in [0.25, 0.3) is 0 Å². The molecule has 0 bridgehead atoms. The zero-order chi connectivity index (χ0) is 14.4. The second-order valence-electron chi connectivity index (χ2n) is 4.16. The smallest absolute Gasteiger partial charge is 0.241 e. The van der Waals surface area contributed by atoms with Crippen LogP contribution in [0.1, 0.15) is 19.4 Å². The largest absolute Gasteiger partial charge is 0.366 e. The highest BCUT2D eigenvalue weighted by Gasteiger charge is 1.98. The molecule has 4 heteroatoms. The molecule has 19 heavy (non-hydrogen) atoms. The van der Waals surface area contributed by atoms with Crippen LogP contribution in [0.5, 0.6) is 0 Å². The van der Waals surface area contributed by atoms with E-state index in [2.05, 4.69) is 44.0 Å². The summed E-state index contributed by atoms with van der Waals surface area (Å²) in [6.07, 6.45) is 7.14. The lowest BCUT2D eigenvalue weighted by Crippen LogP contribution is -2.06.